The van der Waals surface area contributed by atoms with Crippen LogP contribution in [0.1, 0.15) is 26.4 Å². The zero-order valence-corrected chi connectivity index (χ0v) is 14.5. The molecule has 0 radical (unpaired) electrons. The van der Waals surface area contributed by atoms with Crippen molar-refractivity contribution in [2.45, 2.75) is 6.54 Å². The first-order chi connectivity index (χ1) is 13.2. The third-order valence-corrected chi connectivity index (χ3v) is 3.63. The largest absolute Gasteiger partial charge is 0.465 e. The first kappa shape index (κ1) is 18.0. The van der Waals surface area contributed by atoms with Gasteiger partial charge in [-0.3, -0.25) is 9.78 Å². The van der Waals surface area contributed by atoms with Crippen molar-refractivity contribution in [3.63, 3.8) is 0 Å². The second-order valence-electron chi connectivity index (χ2n) is 5.49. The predicted octanol–water partition coefficient (Wildman–Crippen LogP) is 2.33. The highest BCUT2D eigenvalue weighted by molar-refractivity contribution is 5.93. The number of methoxy groups -OCH3 is 1. The van der Waals surface area contributed by atoms with Gasteiger partial charge in [0.25, 0.3) is 5.91 Å². The Hall–Kier alpha value is -3.81. The lowest BCUT2D eigenvalue weighted by Crippen LogP contribution is -2.23. The van der Waals surface area contributed by atoms with Crippen LogP contribution < -0.4 is 10.6 Å². The quantitative estimate of drug-likeness (QED) is 0.647. The molecule has 0 spiro atoms. The maximum atomic E-state index is 12.1. The molecule has 0 saturated heterocycles. The molecule has 2 N–H and O–H groups in total. The van der Waals surface area contributed by atoms with Crippen LogP contribution in [-0.2, 0) is 11.3 Å². The lowest BCUT2D eigenvalue weighted by molar-refractivity contribution is 0.0600. The number of hydrogen-bond donors (Lipinski definition) is 2. The highest BCUT2D eigenvalue weighted by atomic mass is 16.5. The standard InChI is InChI=1S/C19H17N5O3/c1-27-18(26)13-5-7-15(8-6-13)24-19-22-10-14(11-23-19)17(25)21-12-16-4-2-3-9-20-16/h2-11H,12H2,1H3,(H,21,25)(H,22,23,24). The van der Waals surface area contributed by atoms with Crippen molar-refractivity contribution in [1.29, 1.82) is 0 Å². The molecule has 27 heavy (non-hydrogen) atoms. The second kappa shape index (κ2) is 8.52. The summed E-state index contributed by atoms with van der Waals surface area (Å²) in [7, 11) is 1.33. The number of amides is 1. The first-order valence-electron chi connectivity index (χ1n) is 8.11. The van der Waals surface area contributed by atoms with Gasteiger partial charge in [0, 0.05) is 24.3 Å². The number of nitrogens with one attached hydrogen (secondary N) is 2. The third kappa shape index (κ3) is 4.85. The molecule has 0 atom stereocenters. The second-order valence-corrected chi connectivity index (χ2v) is 5.49. The van der Waals surface area contributed by atoms with Crippen molar-refractivity contribution < 1.29 is 14.3 Å². The Morgan fingerprint density at radius 1 is 0.963 bits per heavy atom. The first-order valence-corrected chi connectivity index (χ1v) is 8.11. The van der Waals surface area contributed by atoms with Crippen LogP contribution >= 0.6 is 0 Å². The van der Waals surface area contributed by atoms with Crippen molar-refractivity contribution in [3.8, 4) is 0 Å². The van der Waals surface area contributed by atoms with E-state index in [1.165, 1.54) is 19.5 Å². The molecule has 0 aliphatic rings. The molecule has 0 fully saturated rings. The van der Waals surface area contributed by atoms with Gasteiger partial charge in [-0.2, -0.15) is 0 Å². The van der Waals surface area contributed by atoms with E-state index < -0.39 is 5.97 Å². The van der Waals surface area contributed by atoms with Gasteiger partial charge in [0.05, 0.1) is 30.5 Å². The maximum Gasteiger partial charge on any atom is 0.337 e. The molecule has 0 unspecified atom stereocenters. The SMILES string of the molecule is COC(=O)c1ccc(Nc2ncc(C(=O)NCc3ccccn3)cn2)cc1. The van der Waals surface area contributed by atoms with Crippen LogP contribution in [0.3, 0.4) is 0 Å². The summed E-state index contributed by atoms with van der Waals surface area (Å²) in [4.78, 5) is 36.0. The zero-order valence-electron chi connectivity index (χ0n) is 14.5. The minimum atomic E-state index is -0.404. The Balaban J connectivity index is 1.58. The summed E-state index contributed by atoms with van der Waals surface area (Å²) in [5.41, 5.74) is 2.26. The van der Waals surface area contributed by atoms with E-state index in [9.17, 15) is 9.59 Å². The Labute approximate surface area is 155 Å². The molecule has 0 saturated carbocycles. The number of hydrogen-bond acceptors (Lipinski definition) is 7. The number of aromatic nitrogens is 3. The van der Waals surface area contributed by atoms with Crippen molar-refractivity contribution >= 4 is 23.5 Å². The number of carbonyl (C=O) groups excluding carboxylic acids is 2. The summed E-state index contributed by atoms with van der Waals surface area (Å²) in [5.74, 6) is -0.351. The van der Waals surface area contributed by atoms with E-state index in [2.05, 4.69) is 30.3 Å². The van der Waals surface area contributed by atoms with Crippen LogP contribution in [0.15, 0.2) is 61.1 Å². The third-order valence-electron chi connectivity index (χ3n) is 3.63. The molecular formula is C19H17N5O3. The minimum Gasteiger partial charge on any atom is -0.465 e. The molecule has 8 heteroatoms. The molecule has 0 bridgehead atoms. The molecular weight excluding hydrogens is 346 g/mol. The number of esters is 1. The van der Waals surface area contributed by atoms with E-state index in [0.717, 1.165) is 5.69 Å². The van der Waals surface area contributed by atoms with Crippen molar-refractivity contribution in [3.05, 3.63) is 77.9 Å². The summed E-state index contributed by atoms with van der Waals surface area (Å²) in [6.07, 6.45) is 4.54. The van der Waals surface area contributed by atoms with E-state index in [1.54, 1.807) is 30.5 Å². The number of rotatable bonds is 6. The average Bonchev–Trinajstić information content (AvgIpc) is 2.73. The number of carbonyl (C=O) groups is 2. The fourth-order valence-corrected chi connectivity index (χ4v) is 2.22. The summed E-state index contributed by atoms with van der Waals surface area (Å²) in [5, 5.41) is 5.76. The normalized spacial score (nSPS) is 10.1. The molecule has 1 aromatic carbocycles. The summed E-state index contributed by atoms with van der Waals surface area (Å²) in [6, 6.07) is 12.2. The topological polar surface area (TPSA) is 106 Å². The van der Waals surface area contributed by atoms with Gasteiger partial charge in [0.2, 0.25) is 5.95 Å². The molecule has 8 nitrogen and oxygen atoms in total. The van der Waals surface area contributed by atoms with Gasteiger partial charge >= 0.3 is 5.97 Å². The highest BCUT2D eigenvalue weighted by Crippen LogP contribution is 2.14. The number of benzene rings is 1. The van der Waals surface area contributed by atoms with E-state index in [1.807, 2.05) is 18.2 Å². The van der Waals surface area contributed by atoms with Crippen molar-refractivity contribution in [2.24, 2.45) is 0 Å². The summed E-state index contributed by atoms with van der Waals surface area (Å²) >= 11 is 0. The maximum absolute atomic E-state index is 12.1. The molecule has 3 aromatic rings. The van der Waals surface area contributed by atoms with Gasteiger partial charge in [0.15, 0.2) is 0 Å². The van der Waals surface area contributed by atoms with Crippen LogP contribution in [0.4, 0.5) is 11.6 Å². The Kier molecular flexibility index (Phi) is 5.68. The lowest BCUT2D eigenvalue weighted by Gasteiger charge is -2.07. The van der Waals surface area contributed by atoms with Gasteiger partial charge in [-0.15, -0.1) is 0 Å². The van der Waals surface area contributed by atoms with E-state index in [0.29, 0.717) is 29.3 Å². The Morgan fingerprint density at radius 2 is 1.70 bits per heavy atom. The number of nitrogens with zero attached hydrogens (tertiary/aromatic N) is 3. The van der Waals surface area contributed by atoms with Crippen LogP contribution in [0.25, 0.3) is 0 Å². The van der Waals surface area contributed by atoms with Gasteiger partial charge in [-0.1, -0.05) is 6.07 Å². The predicted molar refractivity (Wildman–Crippen MR) is 98.5 cm³/mol. The zero-order chi connectivity index (χ0) is 19.1. The Bertz CT molecular complexity index is 912. The summed E-state index contributed by atoms with van der Waals surface area (Å²) < 4.78 is 4.65. The molecule has 1 amide bonds. The number of ether oxygens (including phenoxy) is 1. The molecule has 0 aliphatic carbocycles. The van der Waals surface area contributed by atoms with Crippen LogP contribution in [-0.4, -0.2) is 33.9 Å². The fourth-order valence-electron chi connectivity index (χ4n) is 2.22. The number of anilines is 2. The average molecular weight is 363 g/mol. The molecule has 0 aliphatic heterocycles. The minimum absolute atomic E-state index is 0.283. The fraction of sp³-hybridized carbons (Fsp3) is 0.105. The van der Waals surface area contributed by atoms with E-state index in [-0.39, 0.29) is 5.91 Å². The van der Waals surface area contributed by atoms with Crippen LogP contribution in [0.2, 0.25) is 0 Å². The van der Waals surface area contributed by atoms with Crippen LogP contribution in [0.5, 0.6) is 0 Å². The monoisotopic (exact) mass is 363 g/mol. The van der Waals surface area contributed by atoms with E-state index >= 15 is 0 Å². The van der Waals surface area contributed by atoms with Gasteiger partial charge in [-0.05, 0) is 36.4 Å². The van der Waals surface area contributed by atoms with Gasteiger partial charge in [0.1, 0.15) is 0 Å². The Morgan fingerprint density at radius 3 is 2.33 bits per heavy atom. The molecule has 2 heterocycles. The van der Waals surface area contributed by atoms with Crippen LogP contribution in [0, 0.1) is 0 Å². The van der Waals surface area contributed by atoms with E-state index in [4.69, 9.17) is 0 Å². The smallest absolute Gasteiger partial charge is 0.337 e. The summed E-state index contributed by atoms with van der Waals surface area (Å²) in [6.45, 7) is 0.326. The number of pyridine rings is 1. The highest BCUT2D eigenvalue weighted by Gasteiger charge is 2.08. The molecule has 136 valence electrons. The lowest BCUT2D eigenvalue weighted by atomic mass is 10.2. The van der Waals surface area contributed by atoms with Gasteiger partial charge < -0.3 is 15.4 Å². The molecule has 2 aromatic heterocycles. The van der Waals surface area contributed by atoms with Crippen molar-refractivity contribution in [1.82, 2.24) is 20.3 Å². The van der Waals surface area contributed by atoms with Crippen molar-refractivity contribution in [2.75, 3.05) is 12.4 Å². The molecule has 3 rings (SSSR count). The van der Waals surface area contributed by atoms with Gasteiger partial charge in [-0.25, -0.2) is 14.8 Å².